The molecule has 0 N–H and O–H groups in total. The maximum atomic E-state index is 12.5. The summed E-state index contributed by atoms with van der Waals surface area (Å²) in [6.45, 7) is 4.46. The minimum absolute atomic E-state index is 0.181. The predicted molar refractivity (Wildman–Crippen MR) is 109 cm³/mol. The van der Waals surface area contributed by atoms with E-state index in [9.17, 15) is 8.42 Å². The molecule has 0 saturated heterocycles. The van der Waals surface area contributed by atoms with Crippen LogP contribution in [0.5, 0.6) is 0 Å². The van der Waals surface area contributed by atoms with Gasteiger partial charge in [0, 0.05) is 31.7 Å². The zero-order chi connectivity index (χ0) is 20.0. The molecule has 3 rings (SSSR count). The monoisotopic (exact) mass is 433 g/mol. The molecule has 0 aliphatic carbocycles. The Kier molecular flexibility index (Phi) is 7.00. The molecule has 0 aromatic carbocycles. The van der Waals surface area contributed by atoms with Crippen LogP contribution in [0.4, 0.5) is 0 Å². The number of hydrogen-bond acceptors (Lipinski definition) is 8. The number of nitrogens with zero attached hydrogens (tertiary/aromatic N) is 5. The predicted octanol–water partition coefficient (Wildman–Crippen LogP) is 3.60. The van der Waals surface area contributed by atoms with Crippen molar-refractivity contribution in [2.45, 2.75) is 39.0 Å². The number of hydrogen-bond donors (Lipinski definition) is 0. The largest absolute Gasteiger partial charge is 0.250 e. The van der Waals surface area contributed by atoms with Gasteiger partial charge in [-0.2, -0.15) is 4.31 Å². The van der Waals surface area contributed by atoms with Crippen molar-refractivity contribution in [2.75, 3.05) is 13.1 Å². The highest BCUT2D eigenvalue weighted by atomic mass is 32.2. The molecule has 28 heavy (non-hydrogen) atoms. The zero-order valence-electron chi connectivity index (χ0n) is 15.4. The lowest BCUT2D eigenvalue weighted by atomic mass is 10.5. The van der Waals surface area contributed by atoms with Gasteiger partial charge in [0.25, 0.3) is 0 Å². The minimum atomic E-state index is -3.51. The third-order valence-electron chi connectivity index (χ3n) is 3.70. The first-order chi connectivity index (χ1) is 13.5. The highest BCUT2D eigenvalue weighted by molar-refractivity contribution is 7.99. The number of aromatic nitrogens is 4. The topological polar surface area (TPSA) is 88.9 Å². The molecule has 0 aliphatic rings. The zero-order valence-corrected chi connectivity index (χ0v) is 17.8. The van der Waals surface area contributed by atoms with Gasteiger partial charge >= 0.3 is 0 Å². The molecule has 146 valence electrons. The minimum Gasteiger partial charge on any atom is -0.250 e. The van der Waals surface area contributed by atoms with Crippen molar-refractivity contribution in [3.05, 3.63) is 55.0 Å². The van der Waals surface area contributed by atoms with E-state index < -0.39 is 10.0 Å². The van der Waals surface area contributed by atoms with Crippen LogP contribution >= 0.6 is 23.5 Å². The second-order valence-electron chi connectivity index (χ2n) is 5.47. The van der Waals surface area contributed by atoms with Crippen molar-refractivity contribution in [3.8, 4) is 0 Å². The standard InChI is InChI=1S/C18H19N5O2S3/c1-3-23(4-2)28(24,25)14-8-9-16(21-13-14)27-18-20-12-10-17(22-18)26-15-7-5-6-11-19-15/h5-13H,3-4H2,1-2H3. The Balaban J connectivity index is 1.73. The van der Waals surface area contributed by atoms with Crippen molar-refractivity contribution in [1.29, 1.82) is 0 Å². The van der Waals surface area contributed by atoms with E-state index in [0.717, 1.165) is 10.1 Å². The fourth-order valence-corrected chi connectivity index (χ4v) is 5.21. The van der Waals surface area contributed by atoms with Gasteiger partial charge in [0.2, 0.25) is 10.0 Å². The molecule has 0 unspecified atom stereocenters. The average Bonchev–Trinajstić information content (AvgIpc) is 2.70. The van der Waals surface area contributed by atoms with Gasteiger partial charge in [-0.15, -0.1) is 0 Å². The van der Waals surface area contributed by atoms with Crippen LogP contribution in [0.15, 0.2) is 80.1 Å². The maximum absolute atomic E-state index is 12.5. The first-order valence-electron chi connectivity index (χ1n) is 8.59. The van der Waals surface area contributed by atoms with E-state index in [1.807, 2.05) is 38.1 Å². The van der Waals surface area contributed by atoms with E-state index in [4.69, 9.17) is 0 Å². The van der Waals surface area contributed by atoms with Crippen molar-refractivity contribution < 1.29 is 8.42 Å². The van der Waals surface area contributed by atoms with Crippen LogP contribution in [0.3, 0.4) is 0 Å². The second-order valence-corrected chi connectivity index (χ2v) is 9.44. The second kappa shape index (κ2) is 9.46. The van der Waals surface area contributed by atoms with Gasteiger partial charge in [-0.3, -0.25) is 0 Å². The van der Waals surface area contributed by atoms with E-state index in [1.54, 1.807) is 24.5 Å². The molecule has 0 saturated carbocycles. The number of rotatable bonds is 8. The van der Waals surface area contributed by atoms with Crippen LogP contribution in [-0.2, 0) is 10.0 Å². The Hall–Kier alpha value is -2.01. The van der Waals surface area contributed by atoms with Crippen LogP contribution < -0.4 is 0 Å². The van der Waals surface area contributed by atoms with Crippen LogP contribution in [0, 0.1) is 0 Å². The van der Waals surface area contributed by atoms with Gasteiger partial charge < -0.3 is 0 Å². The van der Waals surface area contributed by atoms with E-state index in [0.29, 0.717) is 23.3 Å². The molecule has 0 fully saturated rings. The summed E-state index contributed by atoms with van der Waals surface area (Å²) >= 11 is 2.72. The molecule has 7 nitrogen and oxygen atoms in total. The molecule has 0 bridgehead atoms. The van der Waals surface area contributed by atoms with Gasteiger partial charge in [0.15, 0.2) is 5.16 Å². The van der Waals surface area contributed by atoms with Crippen molar-refractivity contribution in [2.24, 2.45) is 0 Å². The van der Waals surface area contributed by atoms with Gasteiger partial charge in [0.1, 0.15) is 20.0 Å². The van der Waals surface area contributed by atoms with Gasteiger partial charge in [-0.25, -0.2) is 28.4 Å². The highest BCUT2D eigenvalue weighted by Gasteiger charge is 2.21. The molecule has 0 aliphatic heterocycles. The molecule has 10 heteroatoms. The molecular formula is C18H19N5O2S3. The normalized spacial score (nSPS) is 11.7. The molecule has 3 aromatic heterocycles. The summed E-state index contributed by atoms with van der Waals surface area (Å²) in [6, 6.07) is 10.7. The lowest BCUT2D eigenvalue weighted by molar-refractivity contribution is 0.445. The molecule has 0 atom stereocenters. The van der Waals surface area contributed by atoms with Gasteiger partial charge in [0.05, 0.1) is 0 Å². The van der Waals surface area contributed by atoms with E-state index in [2.05, 4.69) is 19.9 Å². The third kappa shape index (κ3) is 5.07. The Morgan fingerprint density at radius 1 is 0.857 bits per heavy atom. The summed E-state index contributed by atoms with van der Waals surface area (Å²) in [6.07, 6.45) is 4.79. The molecule has 3 heterocycles. The highest BCUT2D eigenvalue weighted by Crippen LogP contribution is 2.28. The van der Waals surface area contributed by atoms with Gasteiger partial charge in [-0.1, -0.05) is 19.9 Å². The fraction of sp³-hybridized carbons (Fsp3) is 0.222. The Morgan fingerprint density at radius 2 is 1.64 bits per heavy atom. The summed E-state index contributed by atoms with van der Waals surface area (Å²) in [5, 5.41) is 2.78. The molecule has 0 amide bonds. The van der Waals surface area contributed by atoms with Gasteiger partial charge in [-0.05, 0) is 53.9 Å². The molecular weight excluding hydrogens is 414 g/mol. The Morgan fingerprint density at radius 3 is 2.29 bits per heavy atom. The SMILES string of the molecule is CCN(CC)S(=O)(=O)c1ccc(Sc2nccc(Sc3ccccn3)n2)nc1. The Bertz CT molecular complexity index is 1010. The maximum Gasteiger partial charge on any atom is 0.244 e. The van der Waals surface area contributed by atoms with E-state index in [-0.39, 0.29) is 4.90 Å². The summed E-state index contributed by atoms with van der Waals surface area (Å²) in [5.74, 6) is 0. The summed E-state index contributed by atoms with van der Waals surface area (Å²) in [4.78, 5) is 17.5. The smallest absolute Gasteiger partial charge is 0.244 e. The third-order valence-corrected chi connectivity index (χ3v) is 7.45. The van der Waals surface area contributed by atoms with Crippen molar-refractivity contribution >= 4 is 33.5 Å². The van der Waals surface area contributed by atoms with E-state index in [1.165, 1.54) is 34.0 Å². The van der Waals surface area contributed by atoms with Crippen LogP contribution in [0.25, 0.3) is 0 Å². The fourth-order valence-electron chi connectivity index (χ4n) is 2.33. The lowest BCUT2D eigenvalue weighted by Crippen LogP contribution is -2.30. The first-order valence-corrected chi connectivity index (χ1v) is 11.7. The summed E-state index contributed by atoms with van der Waals surface area (Å²) < 4.78 is 26.5. The van der Waals surface area contributed by atoms with Crippen molar-refractivity contribution in [3.63, 3.8) is 0 Å². The summed E-state index contributed by atoms with van der Waals surface area (Å²) in [7, 11) is -3.51. The van der Waals surface area contributed by atoms with Crippen LogP contribution in [0.2, 0.25) is 0 Å². The van der Waals surface area contributed by atoms with Crippen molar-refractivity contribution in [1.82, 2.24) is 24.2 Å². The van der Waals surface area contributed by atoms with Crippen LogP contribution in [0.1, 0.15) is 13.8 Å². The quantitative estimate of drug-likeness (QED) is 0.393. The molecule has 3 aromatic rings. The first kappa shape index (κ1) is 20.7. The van der Waals surface area contributed by atoms with E-state index >= 15 is 0 Å². The number of pyridine rings is 2. The van der Waals surface area contributed by atoms with Crippen LogP contribution in [-0.4, -0.2) is 45.7 Å². The summed E-state index contributed by atoms with van der Waals surface area (Å²) in [5.41, 5.74) is 0. The molecule has 0 radical (unpaired) electrons. The Labute approximate surface area is 173 Å². The average molecular weight is 434 g/mol. The number of sulfonamides is 1. The molecule has 0 spiro atoms. The lowest BCUT2D eigenvalue weighted by Gasteiger charge is -2.18.